The van der Waals surface area contributed by atoms with Gasteiger partial charge in [0.1, 0.15) is 0 Å². The molecule has 0 aromatic heterocycles. The number of hydrogen-bond acceptors (Lipinski definition) is 4. The Morgan fingerprint density at radius 1 is 1.32 bits per heavy atom. The first-order valence-electron chi connectivity index (χ1n) is 8.90. The van der Waals surface area contributed by atoms with Crippen molar-refractivity contribution in [2.24, 2.45) is 5.92 Å². The molecule has 0 bridgehead atoms. The average Bonchev–Trinajstić information content (AvgIpc) is 2.98. The molecule has 0 unspecified atom stereocenters. The second-order valence-corrected chi connectivity index (χ2v) is 6.84. The first-order chi connectivity index (χ1) is 12.1. The Morgan fingerprint density at radius 2 is 2.08 bits per heavy atom. The summed E-state index contributed by atoms with van der Waals surface area (Å²) in [6, 6.07) is 8.07. The third-order valence-electron chi connectivity index (χ3n) is 4.82. The zero-order valence-electron chi connectivity index (χ0n) is 14.7. The van der Waals surface area contributed by atoms with Crippen LogP contribution in [0.5, 0.6) is 0 Å². The molecule has 0 aliphatic carbocycles. The number of likely N-dealkylation sites (tertiary alicyclic amines) is 1. The Kier molecular flexibility index (Phi) is 6.04. The predicted octanol–water partition coefficient (Wildman–Crippen LogP) is 1.48. The normalized spacial score (nSPS) is 21.6. The Balaban J connectivity index is 1.46. The molecule has 2 aliphatic heterocycles. The van der Waals surface area contributed by atoms with Crippen LogP contribution in [0.25, 0.3) is 0 Å². The van der Waals surface area contributed by atoms with Gasteiger partial charge in [0, 0.05) is 39.8 Å². The van der Waals surface area contributed by atoms with Gasteiger partial charge in [-0.15, -0.1) is 0 Å². The number of nitrogens with zero attached hydrogens (tertiary/aromatic N) is 1. The average molecular weight is 346 g/mol. The van der Waals surface area contributed by atoms with E-state index in [0.29, 0.717) is 26.1 Å². The molecule has 0 saturated carbocycles. The molecule has 1 atom stereocenters. The first kappa shape index (κ1) is 17.9. The van der Waals surface area contributed by atoms with E-state index in [1.807, 2.05) is 18.2 Å². The highest BCUT2D eigenvalue weighted by Gasteiger charge is 2.31. The number of nitrogens with one attached hydrogen (secondary N) is 1. The molecule has 25 heavy (non-hydrogen) atoms. The summed E-state index contributed by atoms with van der Waals surface area (Å²) in [4.78, 5) is 25.3. The highest BCUT2D eigenvalue weighted by atomic mass is 16.5. The quantitative estimate of drug-likeness (QED) is 0.847. The maximum Gasteiger partial charge on any atom is 0.225 e. The molecule has 1 N–H and O–H groups in total. The summed E-state index contributed by atoms with van der Waals surface area (Å²) in [5.74, 6) is -0.258. The van der Waals surface area contributed by atoms with Crippen LogP contribution in [0.2, 0.25) is 0 Å². The molecule has 6 nitrogen and oxygen atoms in total. The molecule has 136 valence electrons. The van der Waals surface area contributed by atoms with E-state index in [9.17, 15) is 9.59 Å². The van der Waals surface area contributed by atoms with Crippen molar-refractivity contribution in [1.82, 2.24) is 10.2 Å². The number of ether oxygens (including phenoxy) is 2. The van der Waals surface area contributed by atoms with Gasteiger partial charge in [0.25, 0.3) is 0 Å². The number of hydrogen-bond donors (Lipinski definition) is 1. The van der Waals surface area contributed by atoms with E-state index < -0.39 is 0 Å². The molecule has 2 aliphatic rings. The van der Waals surface area contributed by atoms with Gasteiger partial charge in [-0.3, -0.25) is 9.59 Å². The molecule has 0 spiro atoms. The lowest BCUT2D eigenvalue weighted by Gasteiger charge is -2.22. The van der Waals surface area contributed by atoms with Gasteiger partial charge in [0.15, 0.2) is 0 Å². The van der Waals surface area contributed by atoms with E-state index in [-0.39, 0.29) is 23.8 Å². The molecule has 1 aromatic rings. The van der Waals surface area contributed by atoms with E-state index in [1.165, 1.54) is 0 Å². The van der Waals surface area contributed by atoms with E-state index in [4.69, 9.17) is 9.47 Å². The highest BCUT2D eigenvalue weighted by Crippen LogP contribution is 2.17. The van der Waals surface area contributed by atoms with Gasteiger partial charge in [-0.2, -0.15) is 0 Å². The van der Waals surface area contributed by atoms with Crippen molar-refractivity contribution in [3.8, 4) is 0 Å². The first-order valence-corrected chi connectivity index (χ1v) is 8.90. The summed E-state index contributed by atoms with van der Waals surface area (Å²) in [5.41, 5.74) is 2.15. The molecule has 2 amide bonds. The lowest BCUT2D eigenvalue weighted by atomic mass is 10.1. The molecule has 1 aromatic carbocycles. The fourth-order valence-corrected chi connectivity index (χ4v) is 3.26. The maximum absolute atomic E-state index is 12.2. The molecule has 3 rings (SSSR count). The number of carbonyl (C=O) groups excluding carboxylic acids is 2. The summed E-state index contributed by atoms with van der Waals surface area (Å²) in [7, 11) is 1.73. The van der Waals surface area contributed by atoms with Gasteiger partial charge < -0.3 is 19.7 Å². The Hall–Kier alpha value is -1.92. The molecular formula is C19H26N2O4. The van der Waals surface area contributed by atoms with E-state index >= 15 is 0 Å². The smallest absolute Gasteiger partial charge is 0.225 e. The Labute approximate surface area is 148 Å². The van der Waals surface area contributed by atoms with Gasteiger partial charge in [0.2, 0.25) is 11.8 Å². The van der Waals surface area contributed by atoms with Gasteiger partial charge >= 0.3 is 0 Å². The molecule has 0 radical (unpaired) electrons. The lowest BCUT2D eigenvalue weighted by Crippen LogP contribution is -2.31. The van der Waals surface area contributed by atoms with Crippen LogP contribution in [0.3, 0.4) is 0 Å². The van der Waals surface area contributed by atoms with Crippen molar-refractivity contribution < 1.29 is 19.1 Å². The van der Waals surface area contributed by atoms with Crippen molar-refractivity contribution in [1.29, 1.82) is 0 Å². The minimum absolute atomic E-state index is 0.0346. The molecule has 2 fully saturated rings. The van der Waals surface area contributed by atoms with E-state index in [0.717, 1.165) is 37.2 Å². The summed E-state index contributed by atoms with van der Waals surface area (Å²) in [6.07, 6.45) is 2.48. The van der Waals surface area contributed by atoms with Crippen LogP contribution in [0.4, 0.5) is 0 Å². The number of benzene rings is 1. The fraction of sp³-hybridized carbons (Fsp3) is 0.579. The Morgan fingerprint density at radius 3 is 2.80 bits per heavy atom. The van der Waals surface area contributed by atoms with E-state index in [1.54, 1.807) is 11.9 Å². The van der Waals surface area contributed by atoms with Crippen LogP contribution in [0.1, 0.15) is 30.4 Å². The molecule has 2 heterocycles. The number of amides is 2. The van der Waals surface area contributed by atoms with Crippen LogP contribution in [0.15, 0.2) is 24.3 Å². The predicted molar refractivity (Wildman–Crippen MR) is 92.7 cm³/mol. The van der Waals surface area contributed by atoms with Gasteiger partial charge in [0.05, 0.1) is 18.6 Å². The maximum atomic E-state index is 12.2. The van der Waals surface area contributed by atoms with Gasteiger partial charge in [-0.25, -0.2) is 0 Å². The molecule has 2 saturated heterocycles. The lowest BCUT2D eigenvalue weighted by molar-refractivity contribution is -0.128. The summed E-state index contributed by atoms with van der Waals surface area (Å²) in [5, 5.41) is 2.94. The van der Waals surface area contributed by atoms with Crippen LogP contribution in [-0.4, -0.2) is 49.6 Å². The third-order valence-corrected chi connectivity index (χ3v) is 4.82. The largest absolute Gasteiger partial charge is 0.381 e. The van der Waals surface area contributed by atoms with Crippen molar-refractivity contribution in [2.75, 3.05) is 26.8 Å². The summed E-state index contributed by atoms with van der Waals surface area (Å²) in [6.45, 7) is 3.10. The minimum Gasteiger partial charge on any atom is -0.381 e. The van der Waals surface area contributed by atoms with Crippen molar-refractivity contribution in [2.45, 2.75) is 38.5 Å². The van der Waals surface area contributed by atoms with Gasteiger partial charge in [-0.1, -0.05) is 24.3 Å². The van der Waals surface area contributed by atoms with Crippen LogP contribution in [-0.2, 0) is 32.2 Å². The van der Waals surface area contributed by atoms with Gasteiger partial charge in [-0.05, 0) is 24.0 Å². The van der Waals surface area contributed by atoms with Crippen LogP contribution < -0.4 is 5.32 Å². The number of rotatable bonds is 6. The van der Waals surface area contributed by atoms with Crippen molar-refractivity contribution in [3.05, 3.63) is 35.4 Å². The summed E-state index contributed by atoms with van der Waals surface area (Å²) < 4.78 is 11.3. The zero-order valence-corrected chi connectivity index (χ0v) is 14.7. The minimum atomic E-state index is -0.238. The Bertz CT molecular complexity index is 613. The highest BCUT2D eigenvalue weighted by molar-refractivity contribution is 5.89. The molecular weight excluding hydrogens is 320 g/mol. The standard InChI is InChI=1S/C19H26N2O4/c1-21-12-16(10-18(21)22)19(23)20-11-14-3-2-4-15(9-14)13-25-17-5-7-24-8-6-17/h2-4,9,16-17H,5-8,10-13H2,1H3,(H,20,23)/t16-/m1/s1. The zero-order chi connectivity index (χ0) is 17.6. The topological polar surface area (TPSA) is 67.9 Å². The second-order valence-electron chi connectivity index (χ2n) is 6.84. The summed E-state index contributed by atoms with van der Waals surface area (Å²) >= 11 is 0. The third kappa shape index (κ3) is 5.03. The van der Waals surface area contributed by atoms with Crippen LogP contribution in [0, 0.1) is 5.92 Å². The van der Waals surface area contributed by atoms with Crippen molar-refractivity contribution in [3.63, 3.8) is 0 Å². The van der Waals surface area contributed by atoms with Crippen molar-refractivity contribution >= 4 is 11.8 Å². The fourth-order valence-electron chi connectivity index (χ4n) is 3.26. The SMILES string of the molecule is CN1C[C@H](C(=O)NCc2cccc(COC3CCOCC3)c2)CC1=O. The number of carbonyl (C=O) groups is 2. The molecule has 6 heteroatoms. The van der Waals surface area contributed by atoms with Crippen LogP contribution >= 0.6 is 0 Å². The second kappa shape index (κ2) is 8.45. The monoisotopic (exact) mass is 346 g/mol. The van der Waals surface area contributed by atoms with E-state index in [2.05, 4.69) is 11.4 Å².